The molecule has 1 saturated heterocycles. The minimum atomic E-state index is -0.618. The third-order valence-corrected chi connectivity index (χ3v) is 3.93. The molecule has 0 aromatic rings. The summed E-state index contributed by atoms with van der Waals surface area (Å²) in [6.45, 7) is 13.1. The summed E-state index contributed by atoms with van der Waals surface area (Å²) in [7, 11) is 0. The first-order chi connectivity index (χ1) is 10.4. The van der Waals surface area contributed by atoms with Gasteiger partial charge in [-0.05, 0) is 39.5 Å². The zero-order valence-electron chi connectivity index (χ0n) is 15.3. The Morgan fingerprint density at radius 3 is 2.26 bits per heavy atom. The molecule has 1 aliphatic rings. The average molecular weight is 323 g/mol. The first-order valence-corrected chi connectivity index (χ1v) is 8.02. The fraction of sp³-hybridized carbons (Fsp3) is 0.765. The van der Waals surface area contributed by atoms with Crippen LogP contribution in [0.4, 0.5) is 0 Å². The Hall–Kier alpha value is -1.72. The number of hydrazone groups is 1. The molecule has 1 unspecified atom stereocenters. The maximum Gasteiger partial charge on any atom is 0.240 e. The quantitative estimate of drug-likeness (QED) is 0.463. The van der Waals surface area contributed by atoms with Gasteiger partial charge >= 0.3 is 0 Å². The van der Waals surface area contributed by atoms with Gasteiger partial charge in [0.25, 0.3) is 0 Å². The molecular weight excluding hydrogens is 294 g/mol. The minimum absolute atomic E-state index is 0.119. The maximum absolute atomic E-state index is 12.3. The van der Waals surface area contributed by atoms with Crippen LogP contribution in [0.15, 0.2) is 5.10 Å². The third-order valence-electron chi connectivity index (χ3n) is 3.93. The van der Waals surface area contributed by atoms with Gasteiger partial charge in [0.2, 0.25) is 17.7 Å². The van der Waals surface area contributed by atoms with E-state index in [-0.39, 0.29) is 41.9 Å². The van der Waals surface area contributed by atoms with Crippen molar-refractivity contribution in [2.45, 2.75) is 73.3 Å². The van der Waals surface area contributed by atoms with E-state index in [1.54, 1.807) is 20.8 Å². The van der Waals surface area contributed by atoms with Crippen molar-refractivity contribution in [1.82, 2.24) is 10.3 Å². The Morgan fingerprint density at radius 2 is 1.83 bits per heavy atom. The lowest BCUT2D eigenvalue weighted by Gasteiger charge is -2.40. The summed E-state index contributed by atoms with van der Waals surface area (Å²) in [4.78, 5) is 37.8. The fourth-order valence-electron chi connectivity index (χ4n) is 3.38. The summed E-state index contributed by atoms with van der Waals surface area (Å²) in [6.07, 6.45) is 1.10. The number of imide groups is 1. The van der Waals surface area contributed by atoms with Gasteiger partial charge in [0.1, 0.15) is 0 Å². The molecule has 6 heteroatoms. The monoisotopic (exact) mass is 323 g/mol. The van der Waals surface area contributed by atoms with E-state index in [0.29, 0.717) is 6.42 Å². The number of hydrogen-bond donors (Lipinski definition) is 1. The van der Waals surface area contributed by atoms with Crippen molar-refractivity contribution in [3.8, 4) is 0 Å². The van der Waals surface area contributed by atoms with Crippen LogP contribution < -0.4 is 5.43 Å². The highest BCUT2D eigenvalue weighted by Gasteiger charge is 2.46. The topological polar surface area (TPSA) is 78.8 Å². The van der Waals surface area contributed by atoms with Crippen molar-refractivity contribution in [2.24, 2.45) is 16.4 Å². The summed E-state index contributed by atoms with van der Waals surface area (Å²) in [5.41, 5.74) is 2.31. The van der Waals surface area contributed by atoms with E-state index in [1.165, 1.54) is 4.90 Å². The van der Waals surface area contributed by atoms with Crippen LogP contribution in [0.5, 0.6) is 0 Å². The zero-order valence-corrected chi connectivity index (χ0v) is 15.3. The fourth-order valence-corrected chi connectivity index (χ4v) is 3.38. The first kappa shape index (κ1) is 19.3. The predicted molar refractivity (Wildman–Crippen MR) is 89.7 cm³/mol. The number of carbonyl (C=O) groups is 3. The van der Waals surface area contributed by atoms with Crippen LogP contribution in [0.25, 0.3) is 0 Å². The molecule has 0 aliphatic carbocycles. The number of carbonyl (C=O) groups excluding carboxylic acids is 3. The maximum atomic E-state index is 12.3. The van der Waals surface area contributed by atoms with Gasteiger partial charge in [0.05, 0.1) is 0 Å². The molecule has 1 rings (SSSR count). The van der Waals surface area contributed by atoms with Crippen LogP contribution in [0.2, 0.25) is 0 Å². The lowest BCUT2D eigenvalue weighted by atomic mass is 9.77. The lowest BCUT2D eigenvalue weighted by molar-refractivity contribution is -0.146. The summed E-state index contributed by atoms with van der Waals surface area (Å²) < 4.78 is 0. The number of nitrogens with one attached hydrogen (secondary N) is 1. The summed E-state index contributed by atoms with van der Waals surface area (Å²) >= 11 is 0. The van der Waals surface area contributed by atoms with Gasteiger partial charge in [-0.15, -0.1) is 0 Å². The second-order valence-electron chi connectivity index (χ2n) is 8.10. The Morgan fingerprint density at radius 1 is 1.26 bits per heavy atom. The van der Waals surface area contributed by atoms with E-state index < -0.39 is 5.54 Å². The standard InChI is InChI=1S/C17H29N3O3/c1-11(2)18-19-13(21)9-16(4,5)10-17(6,7)20-14(22)8-12(3)15(20)23/h12H,8-10H2,1-7H3,(H,19,21). The lowest BCUT2D eigenvalue weighted by Crippen LogP contribution is -2.50. The van der Waals surface area contributed by atoms with E-state index >= 15 is 0 Å². The van der Waals surface area contributed by atoms with Crippen molar-refractivity contribution >= 4 is 23.4 Å². The van der Waals surface area contributed by atoms with E-state index in [2.05, 4.69) is 10.5 Å². The second-order valence-corrected chi connectivity index (χ2v) is 8.10. The third kappa shape index (κ3) is 5.15. The molecule has 1 N–H and O–H groups in total. The molecule has 0 bridgehead atoms. The molecule has 1 heterocycles. The Balaban J connectivity index is 2.78. The first-order valence-electron chi connectivity index (χ1n) is 8.02. The summed E-state index contributed by atoms with van der Waals surface area (Å²) in [5.74, 6) is -0.667. The number of hydrogen-bond acceptors (Lipinski definition) is 4. The summed E-state index contributed by atoms with van der Waals surface area (Å²) in [6, 6.07) is 0. The van der Waals surface area contributed by atoms with Crippen LogP contribution in [0.1, 0.15) is 67.7 Å². The van der Waals surface area contributed by atoms with Crippen molar-refractivity contribution in [1.29, 1.82) is 0 Å². The van der Waals surface area contributed by atoms with E-state index in [9.17, 15) is 14.4 Å². The number of rotatable bonds is 6. The van der Waals surface area contributed by atoms with Gasteiger partial charge in [0.15, 0.2) is 0 Å². The van der Waals surface area contributed by atoms with Crippen LogP contribution >= 0.6 is 0 Å². The summed E-state index contributed by atoms with van der Waals surface area (Å²) in [5, 5.41) is 3.92. The molecule has 1 fully saturated rings. The molecule has 0 spiro atoms. The van der Waals surface area contributed by atoms with Gasteiger partial charge in [-0.2, -0.15) is 5.10 Å². The molecule has 0 aromatic carbocycles. The molecule has 0 saturated carbocycles. The Labute approximate surface area is 138 Å². The van der Waals surface area contributed by atoms with Gasteiger partial charge in [-0.1, -0.05) is 20.8 Å². The molecule has 0 radical (unpaired) electrons. The van der Waals surface area contributed by atoms with Gasteiger partial charge in [0, 0.05) is 30.0 Å². The molecule has 3 amide bonds. The molecule has 6 nitrogen and oxygen atoms in total. The average Bonchev–Trinajstić information content (AvgIpc) is 2.58. The predicted octanol–water partition coefficient (Wildman–Crippen LogP) is 2.48. The minimum Gasteiger partial charge on any atom is -0.277 e. The number of nitrogens with zero attached hydrogens (tertiary/aromatic N) is 2. The number of likely N-dealkylation sites (tertiary alicyclic amines) is 1. The Bertz CT molecular complexity index is 531. The van der Waals surface area contributed by atoms with Crippen molar-refractivity contribution in [3.05, 3.63) is 0 Å². The number of amides is 3. The van der Waals surface area contributed by atoms with E-state index in [0.717, 1.165) is 5.71 Å². The van der Waals surface area contributed by atoms with Crippen molar-refractivity contribution in [3.63, 3.8) is 0 Å². The van der Waals surface area contributed by atoms with Gasteiger partial charge in [-0.25, -0.2) is 5.43 Å². The Kier molecular flexibility index (Phi) is 5.72. The highest BCUT2D eigenvalue weighted by atomic mass is 16.2. The van der Waals surface area contributed by atoms with Gasteiger partial charge in [-0.3, -0.25) is 19.3 Å². The largest absolute Gasteiger partial charge is 0.277 e. The van der Waals surface area contributed by atoms with E-state index in [4.69, 9.17) is 0 Å². The van der Waals surface area contributed by atoms with Crippen LogP contribution in [0, 0.1) is 11.3 Å². The highest BCUT2D eigenvalue weighted by Crippen LogP contribution is 2.37. The zero-order chi connectivity index (χ0) is 18.0. The van der Waals surface area contributed by atoms with Crippen LogP contribution in [-0.2, 0) is 14.4 Å². The molecule has 0 aromatic heterocycles. The van der Waals surface area contributed by atoms with Crippen molar-refractivity contribution < 1.29 is 14.4 Å². The highest BCUT2D eigenvalue weighted by molar-refractivity contribution is 6.04. The molecular formula is C17H29N3O3. The van der Waals surface area contributed by atoms with E-state index in [1.807, 2.05) is 27.7 Å². The normalized spacial score (nSPS) is 19.1. The van der Waals surface area contributed by atoms with Crippen LogP contribution in [0.3, 0.4) is 0 Å². The van der Waals surface area contributed by atoms with Gasteiger partial charge < -0.3 is 0 Å². The molecule has 1 atom stereocenters. The molecule has 1 aliphatic heterocycles. The SMILES string of the molecule is CC(C)=NNC(=O)CC(C)(C)CC(C)(C)N1C(=O)CC(C)C1=O. The smallest absolute Gasteiger partial charge is 0.240 e. The second kappa shape index (κ2) is 6.81. The molecule has 23 heavy (non-hydrogen) atoms. The molecule has 130 valence electrons. The van der Waals surface area contributed by atoms with Crippen LogP contribution in [-0.4, -0.2) is 33.9 Å². The van der Waals surface area contributed by atoms with Crippen molar-refractivity contribution in [2.75, 3.05) is 0 Å².